The van der Waals surface area contributed by atoms with Crippen LogP contribution in [0.4, 0.5) is 0 Å². The molecule has 1 atom stereocenters. The first-order valence-electron chi connectivity index (χ1n) is 6.78. The average molecular weight is 264 g/mol. The third-order valence-electron chi connectivity index (χ3n) is 3.70. The fourth-order valence-corrected chi connectivity index (χ4v) is 2.32. The van der Waals surface area contributed by atoms with Gasteiger partial charge >= 0.3 is 0 Å². The van der Waals surface area contributed by atoms with E-state index in [1.165, 1.54) is 0 Å². The van der Waals surface area contributed by atoms with Crippen molar-refractivity contribution in [2.45, 2.75) is 32.2 Å². The number of aromatic amines is 1. The zero-order valence-electron chi connectivity index (χ0n) is 12.5. The van der Waals surface area contributed by atoms with E-state index in [1.54, 1.807) is 6.07 Å². The lowest BCUT2D eigenvalue weighted by Gasteiger charge is -2.37. The van der Waals surface area contributed by atoms with E-state index < -0.39 is 0 Å². The second-order valence-electron chi connectivity index (χ2n) is 6.52. The molecular formula is C14H24N4O. The van der Waals surface area contributed by atoms with Crippen molar-refractivity contribution in [1.82, 2.24) is 19.8 Å². The number of rotatable bonds is 1. The van der Waals surface area contributed by atoms with E-state index in [0.29, 0.717) is 0 Å². The Bertz CT molecular complexity index is 503. The van der Waals surface area contributed by atoms with Gasteiger partial charge in [-0.2, -0.15) is 0 Å². The van der Waals surface area contributed by atoms with Crippen molar-refractivity contribution < 1.29 is 0 Å². The molecule has 0 aliphatic carbocycles. The van der Waals surface area contributed by atoms with E-state index in [4.69, 9.17) is 0 Å². The third kappa shape index (κ3) is 3.22. The molecule has 5 heteroatoms. The molecule has 1 fully saturated rings. The summed E-state index contributed by atoms with van der Waals surface area (Å²) in [5.74, 6) is 0.784. The number of piperazine rings is 1. The third-order valence-corrected chi connectivity index (χ3v) is 3.70. The molecule has 0 aromatic carbocycles. The molecular weight excluding hydrogens is 240 g/mol. The van der Waals surface area contributed by atoms with Gasteiger partial charge in [0.1, 0.15) is 5.82 Å². The smallest absolute Gasteiger partial charge is 0.251 e. The van der Waals surface area contributed by atoms with Crippen LogP contribution in [0.1, 0.15) is 38.3 Å². The Hall–Kier alpha value is -1.20. The van der Waals surface area contributed by atoms with Crippen LogP contribution < -0.4 is 5.56 Å². The minimum absolute atomic E-state index is 0.0587. The number of H-pyrrole nitrogens is 1. The molecule has 0 spiro atoms. The van der Waals surface area contributed by atoms with Crippen molar-refractivity contribution in [2.24, 2.45) is 0 Å². The Kier molecular flexibility index (Phi) is 3.78. The van der Waals surface area contributed by atoms with Crippen LogP contribution in [0, 0.1) is 0 Å². The fraction of sp³-hybridized carbons (Fsp3) is 0.714. The van der Waals surface area contributed by atoms with Crippen molar-refractivity contribution in [1.29, 1.82) is 0 Å². The summed E-state index contributed by atoms with van der Waals surface area (Å²) in [6, 6.07) is 1.77. The highest BCUT2D eigenvalue weighted by Crippen LogP contribution is 2.23. The molecule has 2 rings (SSSR count). The van der Waals surface area contributed by atoms with Gasteiger partial charge < -0.3 is 9.88 Å². The quantitative estimate of drug-likeness (QED) is 0.822. The Labute approximate surface area is 114 Å². The zero-order valence-corrected chi connectivity index (χ0v) is 12.5. The minimum atomic E-state index is -0.109. The molecule has 106 valence electrons. The molecule has 1 aromatic heterocycles. The van der Waals surface area contributed by atoms with Gasteiger partial charge in [-0.15, -0.1) is 0 Å². The molecule has 1 unspecified atom stereocenters. The molecule has 0 radical (unpaired) electrons. The largest absolute Gasteiger partial charge is 0.309 e. The van der Waals surface area contributed by atoms with Crippen molar-refractivity contribution in [3.8, 4) is 0 Å². The van der Waals surface area contributed by atoms with Gasteiger partial charge in [-0.3, -0.25) is 9.69 Å². The van der Waals surface area contributed by atoms with Crippen LogP contribution in [-0.2, 0) is 5.41 Å². The first kappa shape index (κ1) is 14.2. The van der Waals surface area contributed by atoms with E-state index in [9.17, 15) is 4.79 Å². The van der Waals surface area contributed by atoms with Crippen LogP contribution >= 0.6 is 0 Å². The number of hydrogen-bond acceptors (Lipinski definition) is 4. The molecule has 19 heavy (non-hydrogen) atoms. The van der Waals surface area contributed by atoms with E-state index in [2.05, 4.69) is 54.6 Å². The summed E-state index contributed by atoms with van der Waals surface area (Å²) in [6.45, 7) is 9.17. The summed E-state index contributed by atoms with van der Waals surface area (Å²) >= 11 is 0. The Morgan fingerprint density at radius 1 is 1.32 bits per heavy atom. The molecule has 0 amide bonds. The number of nitrogens with one attached hydrogen (secondary N) is 1. The molecule has 1 aliphatic rings. The number of aromatic nitrogens is 2. The fourth-order valence-electron chi connectivity index (χ4n) is 2.32. The van der Waals surface area contributed by atoms with E-state index in [0.717, 1.165) is 31.2 Å². The predicted octanol–water partition coefficient (Wildman–Crippen LogP) is 0.986. The number of nitrogens with zero attached hydrogens (tertiary/aromatic N) is 3. The van der Waals surface area contributed by atoms with Crippen LogP contribution in [0.2, 0.25) is 0 Å². The SMILES string of the molecule is CN1CCN(C)C(c2nc(C(C)(C)C)cc(=O)[nH]2)C1. The van der Waals surface area contributed by atoms with Crippen LogP contribution in [0.3, 0.4) is 0 Å². The lowest BCUT2D eigenvalue weighted by Crippen LogP contribution is -2.46. The van der Waals surface area contributed by atoms with Crippen molar-refractivity contribution in [3.63, 3.8) is 0 Å². The molecule has 1 saturated heterocycles. The van der Waals surface area contributed by atoms with Gasteiger partial charge in [0, 0.05) is 31.1 Å². The van der Waals surface area contributed by atoms with Crippen LogP contribution in [0.15, 0.2) is 10.9 Å². The topological polar surface area (TPSA) is 52.2 Å². The number of likely N-dealkylation sites (N-methyl/N-ethyl adjacent to an activating group) is 2. The minimum Gasteiger partial charge on any atom is -0.309 e. The molecule has 1 N–H and O–H groups in total. The van der Waals surface area contributed by atoms with Crippen LogP contribution in [0.5, 0.6) is 0 Å². The second kappa shape index (κ2) is 5.06. The average Bonchev–Trinajstić information content (AvgIpc) is 2.30. The summed E-state index contributed by atoms with van der Waals surface area (Å²) in [7, 11) is 4.19. The molecule has 1 aromatic rings. The van der Waals surface area contributed by atoms with Gasteiger partial charge in [-0.1, -0.05) is 20.8 Å². The summed E-state index contributed by atoms with van der Waals surface area (Å²) in [5.41, 5.74) is 0.687. The van der Waals surface area contributed by atoms with E-state index in [-0.39, 0.29) is 17.0 Å². The van der Waals surface area contributed by atoms with Crippen molar-refractivity contribution in [3.05, 3.63) is 27.9 Å². The highest BCUT2D eigenvalue weighted by molar-refractivity contribution is 5.14. The second-order valence-corrected chi connectivity index (χ2v) is 6.52. The predicted molar refractivity (Wildman–Crippen MR) is 76.4 cm³/mol. The van der Waals surface area contributed by atoms with Gasteiger partial charge in [-0.25, -0.2) is 4.98 Å². The lowest BCUT2D eigenvalue weighted by atomic mass is 9.92. The summed E-state index contributed by atoms with van der Waals surface area (Å²) < 4.78 is 0. The molecule has 2 heterocycles. The summed E-state index contributed by atoms with van der Waals surface area (Å²) in [5, 5.41) is 0. The highest BCUT2D eigenvalue weighted by Gasteiger charge is 2.27. The lowest BCUT2D eigenvalue weighted by molar-refractivity contribution is 0.109. The van der Waals surface area contributed by atoms with Gasteiger partial charge in [-0.05, 0) is 14.1 Å². The Morgan fingerprint density at radius 3 is 2.63 bits per heavy atom. The van der Waals surface area contributed by atoms with Gasteiger partial charge in [0.15, 0.2) is 0 Å². The van der Waals surface area contributed by atoms with Crippen molar-refractivity contribution >= 4 is 0 Å². The van der Waals surface area contributed by atoms with Gasteiger partial charge in [0.2, 0.25) is 0 Å². The van der Waals surface area contributed by atoms with E-state index >= 15 is 0 Å². The highest BCUT2D eigenvalue weighted by atomic mass is 16.1. The monoisotopic (exact) mass is 264 g/mol. The maximum Gasteiger partial charge on any atom is 0.251 e. The molecule has 0 saturated carbocycles. The maximum absolute atomic E-state index is 11.9. The van der Waals surface area contributed by atoms with Crippen LogP contribution in [0.25, 0.3) is 0 Å². The molecule has 1 aliphatic heterocycles. The molecule has 0 bridgehead atoms. The normalized spacial score (nSPS) is 22.7. The standard InChI is InChI=1S/C14H24N4O/c1-14(2,3)11-8-12(19)16-13(15-11)10-9-17(4)6-7-18(10)5/h8,10H,6-7,9H2,1-5H3,(H,15,16,19). The molecule has 5 nitrogen and oxygen atoms in total. The number of hydrogen-bond donors (Lipinski definition) is 1. The first-order chi connectivity index (χ1) is 8.77. The van der Waals surface area contributed by atoms with Gasteiger partial charge in [0.05, 0.1) is 11.7 Å². The summed E-state index contributed by atoms with van der Waals surface area (Å²) in [6.07, 6.45) is 0. The Morgan fingerprint density at radius 2 is 2.00 bits per heavy atom. The van der Waals surface area contributed by atoms with Crippen molar-refractivity contribution in [2.75, 3.05) is 33.7 Å². The summed E-state index contributed by atoms with van der Waals surface area (Å²) in [4.78, 5) is 24.0. The zero-order chi connectivity index (χ0) is 14.2. The van der Waals surface area contributed by atoms with E-state index in [1.807, 2.05) is 0 Å². The maximum atomic E-state index is 11.9. The van der Waals surface area contributed by atoms with Crippen LogP contribution in [-0.4, -0.2) is 53.5 Å². The Balaban J connectivity index is 2.39. The first-order valence-corrected chi connectivity index (χ1v) is 6.78. The van der Waals surface area contributed by atoms with Gasteiger partial charge in [0.25, 0.3) is 5.56 Å².